The summed E-state index contributed by atoms with van der Waals surface area (Å²) in [5.41, 5.74) is 9.32. The minimum atomic E-state index is 0.707. The van der Waals surface area contributed by atoms with Crippen LogP contribution in [0, 0.1) is 6.92 Å². The SMILES string of the molecule is Cc1ccccc1SCc1nc2cc(N)ccc2o1. The van der Waals surface area contributed by atoms with E-state index in [0.717, 1.165) is 22.7 Å². The van der Waals surface area contributed by atoms with Gasteiger partial charge in [0.2, 0.25) is 5.89 Å². The van der Waals surface area contributed by atoms with E-state index in [1.165, 1.54) is 10.5 Å². The minimum Gasteiger partial charge on any atom is -0.440 e. The maximum atomic E-state index is 5.73. The zero-order valence-corrected chi connectivity index (χ0v) is 11.4. The van der Waals surface area contributed by atoms with Gasteiger partial charge in [0.25, 0.3) is 0 Å². The third-order valence-electron chi connectivity index (χ3n) is 2.90. The largest absolute Gasteiger partial charge is 0.440 e. The molecule has 96 valence electrons. The highest BCUT2D eigenvalue weighted by Gasteiger charge is 2.07. The number of fused-ring (bicyclic) bond motifs is 1. The molecule has 2 N–H and O–H groups in total. The van der Waals surface area contributed by atoms with E-state index in [0.29, 0.717) is 5.69 Å². The van der Waals surface area contributed by atoms with Gasteiger partial charge in [0.05, 0.1) is 5.75 Å². The molecule has 0 radical (unpaired) electrons. The van der Waals surface area contributed by atoms with Crippen molar-refractivity contribution in [3.8, 4) is 0 Å². The van der Waals surface area contributed by atoms with Crippen molar-refractivity contribution >= 4 is 28.5 Å². The second-order valence-corrected chi connectivity index (χ2v) is 5.41. The average molecular weight is 270 g/mol. The number of thioether (sulfide) groups is 1. The van der Waals surface area contributed by atoms with E-state index in [4.69, 9.17) is 10.2 Å². The van der Waals surface area contributed by atoms with E-state index < -0.39 is 0 Å². The molecule has 1 aromatic heterocycles. The Bertz CT molecular complexity index is 721. The number of nitrogen functional groups attached to an aromatic ring is 1. The molecule has 0 aliphatic heterocycles. The van der Waals surface area contributed by atoms with Crippen LogP contribution in [0.15, 0.2) is 51.8 Å². The van der Waals surface area contributed by atoms with Crippen LogP contribution < -0.4 is 5.73 Å². The van der Waals surface area contributed by atoms with E-state index in [-0.39, 0.29) is 0 Å². The van der Waals surface area contributed by atoms with Crippen LogP contribution in [-0.4, -0.2) is 4.98 Å². The summed E-state index contributed by atoms with van der Waals surface area (Å²) in [7, 11) is 0. The molecular weight excluding hydrogens is 256 g/mol. The Morgan fingerprint density at radius 2 is 2.05 bits per heavy atom. The Morgan fingerprint density at radius 1 is 1.21 bits per heavy atom. The highest BCUT2D eigenvalue weighted by molar-refractivity contribution is 7.98. The van der Waals surface area contributed by atoms with Crippen LogP contribution in [0.3, 0.4) is 0 Å². The molecule has 0 bridgehead atoms. The van der Waals surface area contributed by atoms with E-state index in [9.17, 15) is 0 Å². The van der Waals surface area contributed by atoms with Gasteiger partial charge in [-0.3, -0.25) is 0 Å². The lowest BCUT2D eigenvalue weighted by atomic mass is 10.2. The summed E-state index contributed by atoms with van der Waals surface area (Å²) in [6.07, 6.45) is 0. The van der Waals surface area contributed by atoms with Crippen LogP contribution in [0.25, 0.3) is 11.1 Å². The number of rotatable bonds is 3. The predicted octanol–water partition coefficient (Wildman–Crippen LogP) is 4.01. The zero-order valence-electron chi connectivity index (χ0n) is 10.6. The molecule has 2 aromatic carbocycles. The average Bonchev–Trinajstić information content (AvgIpc) is 2.79. The Labute approximate surface area is 115 Å². The van der Waals surface area contributed by atoms with E-state index in [2.05, 4.69) is 24.0 Å². The van der Waals surface area contributed by atoms with E-state index in [1.54, 1.807) is 11.8 Å². The highest BCUT2D eigenvalue weighted by atomic mass is 32.2. The lowest BCUT2D eigenvalue weighted by molar-refractivity contribution is 0.556. The van der Waals surface area contributed by atoms with Gasteiger partial charge in [-0.2, -0.15) is 0 Å². The topological polar surface area (TPSA) is 52.0 Å². The van der Waals surface area contributed by atoms with Crippen LogP contribution >= 0.6 is 11.8 Å². The molecule has 1 heterocycles. The van der Waals surface area contributed by atoms with Crippen molar-refractivity contribution in [2.24, 2.45) is 0 Å². The molecular formula is C15H14N2OS. The van der Waals surface area contributed by atoms with Crippen molar-refractivity contribution in [2.45, 2.75) is 17.6 Å². The molecule has 0 unspecified atom stereocenters. The van der Waals surface area contributed by atoms with Crippen molar-refractivity contribution in [2.75, 3.05) is 5.73 Å². The molecule has 0 atom stereocenters. The monoisotopic (exact) mass is 270 g/mol. The molecule has 3 rings (SSSR count). The number of nitrogens with two attached hydrogens (primary N) is 1. The van der Waals surface area contributed by atoms with Crippen molar-refractivity contribution < 1.29 is 4.42 Å². The summed E-state index contributed by atoms with van der Waals surface area (Å²) in [6, 6.07) is 13.8. The van der Waals surface area contributed by atoms with Crippen LogP contribution in [0.4, 0.5) is 5.69 Å². The maximum Gasteiger partial charge on any atom is 0.205 e. The van der Waals surface area contributed by atoms with Crippen molar-refractivity contribution in [3.05, 3.63) is 53.9 Å². The van der Waals surface area contributed by atoms with Crippen molar-refractivity contribution in [1.82, 2.24) is 4.98 Å². The van der Waals surface area contributed by atoms with Crippen LogP contribution in [-0.2, 0) is 5.75 Å². The Balaban J connectivity index is 1.80. The smallest absolute Gasteiger partial charge is 0.205 e. The number of nitrogens with zero attached hydrogens (tertiary/aromatic N) is 1. The van der Waals surface area contributed by atoms with Gasteiger partial charge >= 0.3 is 0 Å². The standard InChI is InChI=1S/C15H14N2OS/c1-10-4-2-3-5-14(10)19-9-15-17-12-8-11(16)6-7-13(12)18-15/h2-8H,9,16H2,1H3. The maximum absolute atomic E-state index is 5.73. The Hall–Kier alpha value is -1.94. The zero-order chi connectivity index (χ0) is 13.2. The van der Waals surface area contributed by atoms with E-state index >= 15 is 0 Å². The molecule has 3 nitrogen and oxygen atoms in total. The first-order valence-electron chi connectivity index (χ1n) is 6.06. The van der Waals surface area contributed by atoms with Crippen molar-refractivity contribution in [1.29, 1.82) is 0 Å². The molecule has 19 heavy (non-hydrogen) atoms. The molecule has 0 aliphatic rings. The van der Waals surface area contributed by atoms with Gasteiger partial charge < -0.3 is 10.2 Å². The Kier molecular flexibility index (Phi) is 3.17. The first kappa shape index (κ1) is 12.1. The highest BCUT2D eigenvalue weighted by Crippen LogP contribution is 2.27. The molecule has 0 saturated heterocycles. The molecule has 3 aromatic rings. The molecule has 0 aliphatic carbocycles. The van der Waals surface area contributed by atoms with E-state index in [1.807, 2.05) is 30.3 Å². The summed E-state index contributed by atoms with van der Waals surface area (Å²) < 4.78 is 5.70. The minimum absolute atomic E-state index is 0.707. The van der Waals surface area contributed by atoms with Gasteiger partial charge in [-0.15, -0.1) is 11.8 Å². The second kappa shape index (κ2) is 4.97. The molecule has 0 spiro atoms. The number of anilines is 1. The van der Waals surface area contributed by atoms with Gasteiger partial charge in [-0.05, 0) is 36.8 Å². The van der Waals surface area contributed by atoms with Gasteiger partial charge in [-0.25, -0.2) is 4.98 Å². The molecule has 0 amide bonds. The lowest BCUT2D eigenvalue weighted by Crippen LogP contribution is -1.83. The van der Waals surface area contributed by atoms with Gasteiger partial charge in [0, 0.05) is 10.6 Å². The fraction of sp³-hybridized carbons (Fsp3) is 0.133. The third kappa shape index (κ3) is 2.58. The summed E-state index contributed by atoms with van der Waals surface area (Å²) >= 11 is 1.73. The van der Waals surface area contributed by atoms with Crippen LogP contribution in [0.1, 0.15) is 11.5 Å². The molecule has 0 fully saturated rings. The van der Waals surface area contributed by atoms with Gasteiger partial charge in [-0.1, -0.05) is 18.2 Å². The Morgan fingerprint density at radius 3 is 2.89 bits per heavy atom. The first-order valence-corrected chi connectivity index (χ1v) is 7.04. The number of hydrogen-bond donors (Lipinski definition) is 1. The van der Waals surface area contributed by atoms with Gasteiger partial charge in [0.1, 0.15) is 5.52 Å². The summed E-state index contributed by atoms with van der Waals surface area (Å²) in [5, 5.41) is 0. The number of oxazole rings is 1. The molecule has 4 heteroatoms. The predicted molar refractivity (Wildman–Crippen MR) is 79.2 cm³/mol. The fourth-order valence-corrected chi connectivity index (χ4v) is 2.78. The molecule has 0 saturated carbocycles. The summed E-state index contributed by atoms with van der Waals surface area (Å²) in [6.45, 7) is 2.11. The third-order valence-corrected chi connectivity index (χ3v) is 4.06. The van der Waals surface area contributed by atoms with Crippen LogP contribution in [0.2, 0.25) is 0 Å². The number of aromatic nitrogens is 1. The second-order valence-electron chi connectivity index (χ2n) is 4.39. The number of benzene rings is 2. The lowest BCUT2D eigenvalue weighted by Gasteiger charge is -2.02. The fourth-order valence-electron chi connectivity index (χ4n) is 1.91. The summed E-state index contributed by atoms with van der Waals surface area (Å²) in [5.74, 6) is 1.45. The normalized spacial score (nSPS) is 11.0. The van der Waals surface area contributed by atoms with Crippen LogP contribution in [0.5, 0.6) is 0 Å². The number of aryl methyl sites for hydroxylation is 1. The number of hydrogen-bond acceptors (Lipinski definition) is 4. The van der Waals surface area contributed by atoms with Crippen molar-refractivity contribution in [3.63, 3.8) is 0 Å². The summed E-state index contributed by atoms with van der Waals surface area (Å²) in [4.78, 5) is 5.70. The first-order chi connectivity index (χ1) is 9.22. The van der Waals surface area contributed by atoms with Gasteiger partial charge in [0.15, 0.2) is 5.58 Å². The quantitative estimate of drug-likeness (QED) is 0.577.